The van der Waals surface area contributed by atoms with E-state index in [1.54, 1.807) is 0 Å². The highest BCUT2D eigenvalue weighted by molar-refractivity contribution is 6.33. The fourth-order valence-corrected chi connectivity index (χ4v) is 2.28. The number of nitrogens with one attached hydrogen (secondary N) is 1. The van der Waals surface area contributed by atoms with Gasteiger partial charge in [0.25, 0.3) is 5.91 Å². The SMILES string of the molecule is O=C(NCC(O)c1c(F)cccc1F)c1cc(Cl)nc(Cl)c1. The van der Waals surface area contributed by atoms with Gasteiger partial charge in [-0.3, -0.25) is 4.79 Å². The van der Waals surface area contributed by atoms with E-state index in [1.807, 2.05) is 0 Å². The molecule has 1 heterocycles. The minimum Gasteiger partial charge on any atom is -0.386 e. The molecule has 1 atom stereocenters. The number of carbonyl (C=O) groups excluding carboxylic acids is 1. The van der Waals surface area contributed by atoms with Crippen LogP contribution in [0.1, 0.15) is 22.0 Å². The van der Waals surface area contributed by atoms with Crippen molar-refractivity contribution in [2.45, 2.75) is 6.10 Å². The Kier molecular flexibility index (Phi) is 5.28. The molecule has 0 spiro atoms. The molecule has 0 aliphatic heterocycles. The number of pyridine rings is 1. The first-order valence-corrected chi connectivity index (χ1v) is 6.87. The zero-order chi connectivity index (χ0) is 16.3. The van der Waals surface area contributed by atoms with Gasteiger partial charge in [-0.25, -0.2) is 13.8 Å². The second-order valence-corrected chi connectivity index (χ2v) is 5.14. The number of aliphatic hydroxyl groups excluding tert-OH is 1. The summed E-state index contributed by atoms with van der Waals surface area (Å²) in [7, 11) is 0. The van der Waals surface area contributed by atoms with E-state index in [-0.39, 0.29) is 22.4 Å². The van der Waals surface area contributed by atoms with Gasteiger partial charge in [-0.1, -0.05) is 29.3 Å². The molecular formula is C14H10Cl2F2N2O2. The van der Waals surface area contributed by atoms with Crippen molar-refractivity contribution in [3.63, 3.8) is 0 Å². The van der Waals surface area contributed by atoms with Crippen LogP contribution in [-0.2, 0) is 0 Å². The molecule has 0 aliphatic rings. The molecule has 1 unspecified atom stereocenters. The van der Waals surface area contributed by atoms with Crippen molar-refractivity contribution in [3.8, 4) is 0 Å². The van der Waals surface area contributed by atoms with Crippen LogP contribution in [0.25, 0.3) is 0 Å². The van der Waals surface area contributed by atoms with Crippen LogP contribution < -0.4 is 5.32 Å². The summed E-state index contributed by atoms with van der Waals surface area (Å²) in [5.41, 5.74) is -0.389. The molecule has 2 N–H and O–H groups in total. The first-order chi connectivity index (χ1) is 10.4. The number of aliphatic hydroxyl groups is 1. The first-order valence-electron chi connectivity index (χ1n) is 6.11. The summed E-state index contributed by atoms with van der Waals surface area (Å²) in [6.45, 7) is -0.381. The standard InChI is InChI=1S/C14H10Cl2F2N2O2/c15-11-4-7(5-12(16)20-11)14(22)19-6-10(21)13-8(17)2-1-3-9(13)18/h1-5,10,21H,6H2,(H,19,22). The molecule has 1 aromatic carbocycles. The van der Waals surface area contributed by atoms with Gasteiger partial charge in [-0.2, -0.15) is 0 Å². The lowest BCUT2D eigenvalue weighted by Gasteiger charge is -2.14. The molecule has 8 heteroatoms. The Bertz CT molecular complexity index is 673. The molecule has 0 fully saturated rings. The lowest BCUT2D eigenvalue weighted by atomic mass is 10.1. The highest BCUT2D eigenvalue weighted by atomic mass is 35.5. The van der Waals surface area contributed by atoms with Gasteiger partial charge < -0.3 is 10.4 Å². The summed E-state index contributed by atoms with van der Waals surface area (Å²) in [6.07, 6.45) is -1.53. The third-order valence-corrected chi connectivity index (χ3v) is 3.20. The van der Waals surface area contributed by atoms with E-state index in [1.165, 1.54) is 18.2 Å². The molecule has 4 nitrogen and oxygen atoms in total. The molecule has 116 valence electrons. The highest BCUT2D eigenvalue weighted by Gasteiger charge is 2.19. The van der Waals surface area contributed by atoms with E-state index in [2.05, 4.69) is 10.3 Å². The number of aromatic nitrogens is 1. The summed E-state index contributed by atoms with van der Waals surface area (Å²) in [5, 5.41) is 12.2. The molecule has 1 amide bonds. The first kappa shape index (κ1) is 16.6. The number of benzene rings is 1. The Morgan fingerprint density at radius 1 is 1.23 bits per heavy atom. The molecule has 22 heavy (non-hydrogen) atoms. The fourth-order valence-electron chi connectivity index (χ4n) is 1.82. The van der Waals surface area contributed by atoms with Crippen LogP contribution in [0.4, 0.5) is 8.78 Å². The van der Waals surface area contributed by atoms with Gasteiger partial charge in [0.1, 0.15) is 28.0 Å². The third-order valence-electron chi connectivity index (χ3n) is 2.81. The number of rotatable bonds is 4. The number of amides is 1. The van der Waals surface area contributed by atoms with Gasteiger partial charge >= 0.3 is 0 Å². The number of halogens is 4. The summed E-state index contributed by atoms with van der Waals surface area (Å²) in [6, 6.07) is 5.77. The number of nitrogens with zero attached hydrogens (tertiary/aromatic N) is 1. The van der Waals surface area contributed by atoms with Gasteiger partial charge in [0.05, 0.1) is 5.56 Å². The van der Waals surface area contributed by atoms with Crippen molar-refractivity contribution < 1.29 is 18.7 Å². The molecule has 1 aromatic heterocycles. The smallest absolute Gasteiger partial charge is 0.251 e. The lowest BCUT2D eigenvalue weighted by Crippen LogP contribution is -2.29. The second-order valence-electron chi connectivity index (χ2n) is 4.36. The van der Waals surface area contributed by atoms with Crippen LogP contribution in [0.5, 0.6) is 0 Å². The molecule has 2 aromatic rings. The summed E-state index contributed by atoms with van der Waals surface area (Å²) >= 11 is 11.3. The van der Waals surface area contributed by atoms with Gasteiger partial charge in [0.15, 0.2) is 0 Å². The van der Waals surface area contributed by atoms with Gasteiger partial charge in [-0.15, -0.1) is 0 Å². The summed E-state index contributed by atoms with van der Waals surface area (Å²) in [4.78, 5) is 15.6. The molecule has 0 bridgehead atoms. The Morgan fingerprint density at radius 2 is 1.77 bits per heavy atom. The van der Waals surface area contributed by atoms with E-state index >= 15 is 0 Å². The van der Waals surface area contributed by atoms with Crippen molar-refractivity contribution in [3.05, 3.63) is 63.4 Å². The zero-order valence-electron chi connectivity index (χ0n) is 11.0. The Hall–Kier alpha value is -1.76. The maximum Gasteiger partial charge on any atom is 0.251 e. The molecular weight excluding hydrogens is 337 g/mol. The second kappa shape index (κ2) is 7.00. The minimum atomic E-state index is -1.53. The van der Waals surface area contributed by atoms with Crippen LogP contribution in [-0.4, -0.2) is 22.5 Å². The largest absolute Gasteiger partial charge is 0.386 e. The van der Waals surface area contributed by atoms with Crippen molar-refractivity contribution >= 4 is 29.1 Å². The van der Waals surface area contributed by atoms with Crippen LogP contribution >= 0.6 is 23.2 Å². The Labute approximate surface area is 134 Å². The molecule has 0 saturated carbocycles. The van der Waals surface area contributed by atoms with Gasteiger partial charge in [0.2, 0.25) is 0 Å². The highest BCUT2D eigenvalue weighted by Crippen LogP contribution is 2.20. The lowest BCUT2D eigenvalue weighted by molar-refractivity contribution is 0.0911. The van der Waals surface area contributed by atoms with E-state index in [0.29, 0.717) is 0 Å². The van der Waals surface area contributed by atoms with Crippen molar-refractivity contribution in [1.82, 2.24) is 10.3 Å². The fraction of sp³-hybridized carbons (Fsp3) is 0.143. The average Bonchev–Trinajstić information content (AvgIpc) is 2.43. The van der Waals surface area contributed by atoms with Crippen LogP contribution in [0.2, 0.25) is 10.3 Å². The van der Waals surface area contributed by atoms with E-state index in [9.17, 15) is 18.7 Å². The zero-order valence-corrected chi connectivity index (χ0v) is 12.5. The van der Waals surface area contributed by atoms with Crippen molar-refractivity contribution in [2.75, 3.05) is 6.54 Å². The minimum absolute atomic E-state index is 0.0262. The van der Waals surface area contributed by atoms with Gasteiger partial charge in [-0.05, 0) is 24.3 Å². The Morgan fingerprint density at radius 3 is 2.32 bits per heavy atom. The van der Waals surface area contributed by atoms with Crippen LogP contribution in [0.15, 0.2) is 30.3 Å². The summed E-state index contributed by atoms with van der Waals surface area (Å²) in [5.74, 6) is -2.39. The van der Waals surface area contributed by atoms with Gasteiger partial charge in [0, 0.05) is 12.1 Å². The normalized spacial score (nSPS) is 12.0. The Balaban J connectivity index is 2.07. The molecule has 2 rings (SSSR count). The van der Waals surface area contributed by atoms with E-state index in [4.69, 9.17) is 23.2 Å². The number of hydrogen-bond donors (Lipinski definition) is 2. The molecule has 0 saturated heterocycles. The third kappa shape index (κ3) is 3.91. The average molecular weight is 347 g/mol. The summed E-state index contributed by atoms with van der Waals surface area (Å²) < 4.78 is 27.0. The maximum absolute atomic E-state index is 13.5. The topological polar surface area (TPSA) is 62.2 Å². The van der Waals surface area contributed by atoms with Crippen molar-refractivity contribution in [2.24, 2.45) is 0 Å². The molecule has 0 aliphatic carbocycles. The predicted octanol–water partition coefficient (Wildman–Crippen LogP) is 3.13. The van der Waals surface area contributed by atoms with Crippen LogP contribution in [0, 0.1) is 11.6 Å². The maximum atomic E-state index is 13.5. The monoisotopic (exact) mass is 346 g/mol. The van der Waals surface area contributed by atoms with Crippen molar-refractivity contribution in [1.29, 1.82) is 0 Å². The number of hydrogen-bond acceptors (Lipinski definition) is 3. The van der Waals surface area contributed by atoms with Crippen LogP contribution in [0.3, 0.4) is 0 Å². The predicted molar refractivity (Wildman–Crippen MR) is 77.9 cm³/mol. The number of carbonyl (C=O) groups is 1. The van der Waals surface area contributed by atoms with E-state index < -0.39 is 29.2 Å². The van der Waals surface area contributed by atoms with E-state index in [0.717, 1.165) is 12.1 Å². The molecule has 0 radical (unpaired) electrons. The quantitative estimate of drug-likeness (QED) is 0.836.